The van der Waals surface area contributed by atoms with Gasteiger partial charge in [-0.2, -0.15) is 0 Å². The quantitative estimate of drug-likeness (QED) is 0.829. The lowest BCUT2D eigenvalue weighted by atomic mass is 9.77. The minimum Gasteiger partial charge on any atom is -0.321 e. The third-order valence-corrected chi connectivity index (χ3v) is 5.44. The number of hydrogen-bond acceptors (Lipinski definition) is 3. The standard InChI is InChI=1S/C14H21NS2/c1-16-12-8-6-7-11(13(12)17-2)14(15)9-4-3-5-10-14/h6-8H,3-5,9-10,15H2,1-2H3. The topological polar surface area (TPSA) is 26.0 Å². The van der Waals surface area contributed by atoms with E-state index < -0.39 is 0 Å². The maximum atomic E-state index is 6.66. The van der Waals surface area contributed by atoms with Gasteiger partial charge < -0.3 is 5.73 Å². The Hall–Kier alpha value is -0.120. The second kappa shape index (κ2) is 5.68. The van der Waals surface area contributed by atoms with Crippen LogP contribution < -0.4 is 5.73 Å². The predicted octanol–water partition coefficient (Wildman–Crippen LogP) is 4.25. The van der Waals surface area contributed by atoms with Crippen molar-refractivity contribution in [1.29, 1.82) is 0 Å². The van der Waals surface area contributed by atoms with E-state index in [2.05, 4.69) is 30.7 Å². The Morgan fingerprint density at radius 1 is 1.06 bits per heavy atom. The molecule has 2 rings (SSSR count). The van der Waals surface area contributed by atoms with E-state index in [4.69, 9.17) is 5.73 Å². The van der Waals surface area contributed by atoms with Gasteiger partial charge in [-0.25, -0.2) is 0 Å². The van der Waals surface area contributed by atoms with Gasteiger partial charge in [-0.15, -0.1) is 23.5 Å². The summed E-state index contributed by atoms with van der Waals surface area (Å²) in [5, 5.41) is 0. The Morgan fingerprint density at radius 2 is 1.76 bits per heavy atom. The van der Waals surface area contributed by atoms with Crippen LogP contribution in [-0.2, 0) is 5.54 Å². The van der Waals surface area contributed by atoms with Gasteiger partial charge in [-0.1, -0.05) is 31.4 Å². The molecule has 17 heavy (non-hydrogen) atoms. The van der Waals surface area contributed by atoms with Crippen LogP contribution in [0.4, 0.5) is 0 Å². The van der Waals surface area contributed by atoms with E-state index in [1.807, 2.05) is 23.5 Å². The fourth-order valence-electron chi connectivity index (χ4n) is 2.73. The lowest BCUT2D eigenvalue weighted by Crippen LogP contribution is -2.39. The summed E-state index contributed by atoms with van der Waals surface area (Å²) in [6, 6.07) is 6.59. The van der Waals surface area contributed by atoms with Crippen LogP contribution in [-0.4, -0.2) is 12.5 Å². The zero-order chi connectivity index (χ0) is 12.3. The molecular formula is C14H21NS2. The largest absolute Gasteiger partial charge is 0.321 e. The van der Waals surface area contributed by atoms with Crippen molar-refractivity contribution >= 4 is 23.5 Å². The highest BCUT2D eigenvalue weighted by Crippen LogP contribution is 2.42. The summed E-state index contributed by atoms with van der Waals surface area (Å²) in [5.74, 6) is 0. The van der Waals surface area contributed by atoms with E-state index in [9.17, 15) is 0 Å². The minimum absolute atomic E-state index is 0.0810. The summed E-state index contributed by atoms with van der Waals surface area (Å²) in [6.45, 7) is 0. The van der Waals surface area contributed by atoms with E-state index in [1.165, 1.54) is 34.6 Å². The third-order valence-electron chi connectivity index (χ3n) is 3.69. The molecule has 1 aromatic carbocycles. The zero-order valence-corrected chi connectivity index (χ0v) is 12.3. The van der Waals surface area contributed by atoms with Crippen molar-refractivity contribution < 1.29 is 0 Å². The molecular weight excluding hydrogens is 246 g/mol. The van der Waals surface area contributed by atoms with Crippen LogP contribution in [0.15, 0.2) is 28.0 Å². The summed E-state index contributed by atoms with van der Waals surface area (Å²) in [6.07, 6.45) is 10.5. The molecule has 1 fully saturated rings. The second-order valence-electron chi connectivity index (χ2n) is 4.76. The van der Waals surface area contributed by atoms with Crippen LogP contribution >= 0.6 is 23.5 Å². The molecule has 0 bridgehead atoms. The van der Waals surface area contributed by atoms with Gasteiger partial charge in [-0.3, -0.25) is 0 Å². The molecule has 94 valence electrons. The molecule has 0 radical (unpaired) electrons. The van der Waals surface area contributed by atoms with Crippen LogP contribution in [0.25, 0.3) is 0 Å². The van der Waals surface area contributed by atoms with Gasteiger partial charge in [-0.05, 0) is 37.0 Å². The van der Waals surface area contributed by atoms with E-state index in [0.717, 1.165) is 12.8 Å². The fourth-order valence-corrected chi connectivity index (χ4v) is 4.50. The molecule has 1 aliphatic carbocycles. The first kappa shape index (κ1) is 13.3. The highest BCUT2D eigenvalue weighted by Gasteiger charge is 2.31. The van der Waals surface area contributed by atoms with Crippen molar-refractivity contribution in [2.45, 2.75) is 47.4 Å². The first-order valence-corrected chi connectivity index (χ1v) is 8.66. The first-order valence-electron chi connectivity index (χ1n) is 6.21. The minimum atomic E-state index is -0.0810. The Morgan fingerprint density at radius 3 is 2.35 bits per heavy atom. The van der Waals surface area contributed by atoms with Crippen molar-refractivity contribution in [3.05, 3.63) is 23.8 Å². The molecule has 0 spiro atoms. The lowest BCUT2D eigenvalue weighted by molar-refractivity contribution is 0.297. The van der Waals surface area contributed by atoms with Gasteiger partial charge in [0.05, 0.1) is 0 Å². The predicted molar refractivity (Wildman–Crippen MR) is 79.0 cm³/mol. The summed E-state index contributed by atoms with van der Waals surface area (Å²) >= 11 is 3.66. The summed E-state index contributed by atoms with van der Waals surface area (Å²) in [5.41, 5.74) is 7.95. The maximum Gasteiger partial charge on any atom is 0.0421 e. The lowest BCUT2D eigenvalue weighted by Gasteiger charge is -2.35. The molecule has 0 saturated heterocycles. The van der Waals surface area contributed by atoms with Gasteiger partial charge in [0.15, 0.2) is 0 Å². The van der Waals surface area contributed by atoms with Crippen LogP contribution in [0.3, 0.4) is 0 Å². The van der Waals surface area contributed by atoms with E-state index >= 15 is 0 Å². The molecule has 0 amide bonds. The van der Waals surface area contributed by atoms with Gasteiger partial charge in [0, 0.05) is 15.3 Å². The number of hydrogen-bond donors (Lipinski definition) is 1. The van der Waals surface area contributed by atoms with Gasteiger partial charge >= 0.3 is 0 Å². The van der Waals surface area contributed by atoms with Crippen molar-refractivity contribution in [2.24, 2.45) is 5.73 Å². The molecule has 2 N–H and O–H groups in total. The molecule has 1 aromatic rings. The van der Waals surface area contributed by atoms with E-state index in [0.29, 0.717) is 0 Å². The highest BCUT2D eigenvalue weighted by molar-refractivity contribution is 8.01. The molecule has 0 aliphatic heterocycles. The van der Waals surface area contributed by atoms with Gasteiger partial charge in [0.2, 0.25) is 0 Å². The van der Waals surface area contributed by atoms with Crippen molar-refractivity contribution in [3.63, 3.8) is 0 Å². The Balaban J connectivity index is 2.42. The van der Waals surface area contributed by atoms with E-state index in [1.54, 1.807) is 0 Å². The normalized spacial score (nSPS) is 19.2. The zero-order valence-electron chi connectivity index (χ0n) is 10.7. The molecule has 0 heterocycles. The molecule has 0 unspecified atom stereocenters. The molecule has 1 saturated carbocycles. The highest BCUT2D eigenvalue weighted by atomic mass is 32.2. The number of rotatable bonds is 3. The molecule has 0 atom stereocenters. The van der Waals surface area contributed by atoms with Crippen LogP contribution in [0, 0.1) is 0 Å². The number of thioether (sulfide) groups is 2. The number of benzene rings is 1. The fraction of sp³-hybridized carbons (Fsp3) is 0.571. The monoisotopic (exact) mass is 267 g/mol. The van der Waals surface area contributed by atoms with Crippen LogP contribution in [0.1, 0.15) is 37.7 Å². The van der Waals surface area contributed by atoms with Gasteiger partial charge in [0.1, 0.15) is 0 Å². The average Bonchev–Trinajstić information content (AvgIpc) is 2.38. The SMILES string of the molecule is CSc1cccc(C2(N)CCCCC2)c1SC. The van der Waals surface area contributed by atoms with Gasteiger partial charge in [0.25, 0.3) is 0 Å². The smallest absolute Gasteiger partial charge is 0.0421 e. The summed E-state index contributed by atoms with van der Waals surface area (Å²) < 4.78 is 0. The second-order valence-corrected chi connectivity index (χ2v) is 6.42. The van der Waals surface area contributed by atoms with Crippen molar-refractivity contribution in [1.82, 2.24) is 0 Å². The average molecular weight is 267 g/mol. The molecule has 0 aromatic heterocycles. The van der Waals surface area contributed by atoms with Crippen molar-refractivity contribution in [2.75, 3.05) is 12.5 Å². The summed E-state index contributed by atoms with van der Waals surface area (Å²) in [7, 11) is 0. The first-order chi connectivity index (χ1) is 8.21. The Labute approximate surface area is 113 Å². The third kappa shape index (κ3) is 2.67. The van der Waals surface area contributed by atoms with E-state index in [-0.39, 0.29) is 5.54 Å². The molecule has 1 nitrogen and oxygen atoms in total. The van der Waals surface area contributed by atoms with Crippen LogP contribution in [0.2, 0.25) is 0 Å². The maximum absolute atomic E-state index is 6.66. The molecule has 1 aliphatic rings. The number of nitrogens with two attached hydrogens (primary N) is 1. The Kier molecular flexibility index (Phi) is 4.45. The van der Waals surface area contributed by atoms with Crippen molar-refractivity contribution in [3.8, 4) is 0 Å². The Bertz CT molecular complexity index is 384. The molecule has 3 heteroatoms. The van der Waals surface area contributed by atoms with Crippen LogP contribution in [0.5, 0.6) is 0 Å². The summed E-state index contributed by atoms with van der Waals surface area (Å²) in [4.78, 5) is 2.76.